The number of nitrogens with zero attached hydrogens (tertiary/aromatic N) is 2. The Labute approximate surface area is 159 Å². The average molecular weight is 381 g/mol. The SMILES string of the molecule is NC(=O)c1ccccc1NC(=O)c1cn(C[C@H]2CCCO2)cc2c(=O)[nH]nc1-2. The lowest BCUT2D eigenvalue weighted by atomic mass is 10.1. The van der Waals surface area contributed by atoms with Crippen molar-refractivity contribution in [2.45, 2.75) is 25.5 Å². The predicted molar refractivity (Wildman–Crippen MR) is 101 cm³/mol. The van der Waals surface area contributed by atoms with Gasteiger partial charge in [-0.1, -0.05) is 12.1 Å². The number of aromatic nitrogens is 3. The number of ether oxygens (including phenoxy) is 1. The van der Waals surface area contributed by atoms with E-state index in [0.29, 0.717) is 24.4 Å². The molecule has 0 bridgehead atoms. The Morgan fingerprint density at radius 2 is 2.11 bits per heavy atom. The normalized spacial score (nSPS) is 16.4. The minimum atomic E-state index is -0.649. The highest BCUT2D eigenvalue weighted by molar-refractivity contribution is 6.11. The van der Waals surface area contributed by atoms with Gasteiger partial charge in [0.05, 0.1) is 28.5 Å². The molecule has 0 aromatic heterocycles. The Balaban J connectivity index is 1.69. The summed E-state index contributed by atoms with van der Waals surface area (Å²) in [5.41, 5.74) is 6.28. The Morgan fingerprint density at radius 3 is 2.86 bits per heavy atom. The van der Waals surface area contributed by atoms with Crippen LogP contribution in [0.15, 0.2) is 41.5 Å². The number of amides is 2. The summed E-state index contributed by atoms with van der Waals surface area (Å²) in [4.78, 5) is 36.6. The molecule has 1 aromatic rings. The summed E-state index contributed by atoms with van der Waals surface area (Å²) in [6.07, 6.45) is 5.25. The van der Waals surface area contributed by atoms with Crippen LogP contribution in [-0.4, -0.2) is 39.3 Å². The summed E-state index contributed by atoms with van der Waals surface area (Å²) >= 11 is 0. The number of benzene rings is 1. The molecule has 4 N–H and O–H groups in total. The van der Waals surface area contributed by atoms with E-state index in [1.165, 1.54) is 6.07 Å². The van der Waals surface area contributed by atoms with Crippen LogP contribution in [0, 0.1) is 0 Å². The van der Waals surface area contributed by atoms with Gasteiger partial charge in [0.25, 0.3) is 17.4 Å². The first-order valence-electron chi connectivity index (χ1n) is 8.93. The van der Waals surface area contributed by atoms with E-state index in [0.717, 1.165) is 12.8 Å². The Hall–Kier alpha value is -3.46. The molecule has 144 valence electrons. The van der Waals surface area contributed by atoms with Crippen molar-refractivity contribution in [2.24, 2.45) is 5.73 Å². The second-order valence-electron chi connectivity index (χ2n) is 6.68. The summed E-state index contributed by atoms with van der Waals surface area (Å²) in [6, 6.07) is 6.45. The van der Waals surface area contributed by atoms with Crippen molar-refractivity contribution in [1.82, 2.24) is 14.8 Å². The number of anilines is 1. The lowest BCUT2D eigenvalue weighted by Gasteiger charge is -2.16. The first-order chi connectivity index (χ1) is 13.5. The molecule has 0 saturated carbocycles. The highest BCUT2D eigenvalue weighted by atomic mass is 16.5. The van der Waals surface area contributed by atoms with Gasteiger partial charge in [0.2, 0.25) is 0 Å². The van der Waals surface area contributed by atoms with Crippen LogP contribution in [0.25, 0.3) is 11.3 Å². The largest absolute Gasteiger partial charge is 0.376 e. The molecule has 0 spiro atoms. The van der Waals surface area contributed by atoms with Gasteiger partial charge in [-0.2, -0.15) is 5.10 Å². The van der Waals surface area contributed by atoms with Crippen LogP contribution in [0.3, 0.4) is 0 Å². The molecule has 9 heteroatoms. The number of H-pyrrole nitrogens is 1. The zero-order chi connectivity index (χ0) is 19.7. The molecule has 3 aliphatic rings. The van der Waals surface area contributed by atoms with Crippen LogP contribution in [-0.2, 0) is 11.3 Å². The summed E-state index contributed by atoms with van der Waals surface area (Å²) in [7, 11) is 0. The van der Waals surface area contributed by atoms with Gasteiger partial charge in [0.15, 0.2) is 0 Å². The molecular weight excluding hydrogens is 362 g/mol. The number of hydrogen-bond donors (Lipinski definition) is 3. The van der Waals surface area contributed by atoms with E-state index in [-0.39, 0.29) is 28.5 Å². The molecule has 3 heterocycles. The van der Waals surface area contributed by atoms with Gasteiger partial charge in [-0.15, -0.1) is 0 Å². The minimum absolute atomic E-state index is 0.0379. The zero-order valence-corrected chi connectivity index (χ0v) is 15.0. The highest BCUT2D eigenvalue weighted by Gasteiger charge is 2.24. The third kappa shape index (κ3) is 3.39. The maximum absolute atomic E-state index is 12.9. The van der Waals surface area contributed by atoms with E-state index in [2.05, 4.69) is 15.5 Å². The third-order valence-electron chi connectivity index (χ3n) is 4.74. The minimum Gasteiger partial charge on any atom is -0.376 e. The van der Waals surface area contributed by atoms with Gasteiger partial charge < -0.3 is 20.4 Å². The van der Waals surface area contributed by atoms with Gasteiger partial charge in [0, 0.05) is 25.5 Å². The Bertz CT molecular complexity index is 1060. The fraction of sp³-hybridized carbons (Fsp3) is 0.263. The van der Waals surface area contributed by atoms with E-state index < -0.39 is 11.8 Å². The van der Waals surface area contributed by atoms with Crippen molar-refractivity contribution in [3.63, 3.8) is 0 Å². The summed E-state index contributed by atoms with van der Waals surface area (Å²) < 4.78 is 7.41. The summed E-state index contributed by atoms with van der Waals surface area (Å²) in [5.74, 6) is -1.14. The molecule has 3 aliphatic heterocycles. The van der Waals surface area contributed by atoms with Crippen molar-refractivity contribution >= 4 is 17.5 Å². The Kier molecular flexibility index (Phi) is 4.66. The lowest BCUT2D eigenvalue weighted by Crippen LogP contribution is -2.22. The lowest BCUT2D eigenvalue weighted by molar-refractivity contribution is 0.0961. The molecule has 0 unspecified atom stereocenters. The number of carbonyl (C=O) groups is 2. The number of nitrogens with one attached hydrogen (secondary N) is 2. The average Bonchev–Trinajstić information content (AvgIpc) is 3.32. The van der Waals surface area contributed by atoms with Crippen LogP contribution in [0.5, 0.6) is 0 Å². The number of para-hydroxylation sites is 1. The number of pyridine rings is 1. The van der Waals surface area contributed by atoms with E-state index in [4.69, 9.17) is 10.5 Å². The van der Waals surface area contributed by atoms with Gasteiger partial charge in [-0.3, -0.25) is 14.4 Å². The molecule has 0 radical (unpaired) electrons. The fourth-order valence-electron chi connectivity index (χ4n) is 3.38. The number of primary amides is 1. The van der Waals surface area contributed by atoms with Crippen molar-refractivity contribution < 1.29 is 14.3 Å². The fourth-order valence-corrected chi connectivity index (χ4v) is 3.38. The standard InChI is InChI=1S/C19H19N5O4/c20-17(25)12-5-1-2-6-15(12)21-18(26)13-9-24(8-11-4-3-7-28-11)10-14-16(13)22-23-19(14)27/h1-2,5-6,9-11H,3-4,7-8H2,(H2,20,25)(H,21,26)(H,23,27)/t11-/m1/s1. The molecule has 4 rings (SSSR count). The molecule has 9 nitrogen and oxygen atoms in total. The Morgan fingerprint density at radius 1 is 1.29 bits per heavy atom. The maximum Gasteiger partial charge on any atom is 0.275 e. The molecular formula is C19H19N5O4. The third-order valence-corrected chi connectivity index (χ3v) is 4.74. The molecule has 0 aliphatic carbocycles. The molecule has 1 aromatic carbocycles. The van der Waals surface area contributed by atoms with Gasteiger partial charge >= 0.3 is 0 Å². The number of nitrogens with two attached hydrogens (primary N) is 1. The second-order valence-corrected chi connectivity index (χ2v) is 6.68. The van der Waals surface area contributed by atoms with Crippen LogP contribution in [0.1, 0.15) is 33.6 Å². The van der Waals surface area contributed by atoms with E-state index >= 15 is 0 Å². The van der Waals surface area contributed by atoms with E-state index in [9.17, 15) is 14.4 Å². The number of carbonyl (C=O) groups excluding carboxylic acids is 2. The molecule has 28 heavy (non-hydrogen) atoms. The van der Waals surface area contributed by atoms with E-state index in [1.54, 1.807) is 35.2 Å². The van der Waals surface area contributed by atoms with Gasteiger partial charge in [-0.25, -0.2) is 5.10 Å². The van der Waals surface area contributed by atoms with Gasteiger partial charge in [0.1, 0.15) is 5.69 Å². The number of fused-ring (bicyclic) bond motifs is 1. The van der Waals surface area contributed by atoms with Crippen molar-refractivity contribution in [1.29, 1.82) is 0 Å². The second kappa shape index (κ2) is 7.28. The zero-order valence-electron chi connectivity index (χ0n) is 15.0. The maximum atomic E-state index is 12.9. The first kappa shape index (κ1) is 17.9. The van der Waals surface area contributed by atoms with E-state index in [1.807, 2.05) is 0 Å². The first-order valence-corrected chi connectivity index (χ1v) is 8.93. The topological polar surface area (TPSA) is 132 Å². The predicted octanol–water partition coefficient (Wildman–Crippen LogP) is 1.21. The monoisotopic (exact) mass is 381 g/mol. The molecule has 1 saturated heterocycles. The van der Waals surface area contributed by atoms with Crippen LogP contribution >= 0.6 is 0 Å². The number of hydrogen-bond acceptors (Lipinski definition) is 5. The smallest absolute Gasteiger partial charge is 0.275 e. The van der Waals surface area contributed by atoms with Gasteiger partial charge in [-0.05, 0) is 25.0 Å². The van der Waals surface area contributed by atoms with Crippen molar-refractivity contribution in [3.05, 3.63) is 58.1 Å². The number of rotatable bonds is 5. The molecule has 1 atom stereocenters. The van der Waals surface area contributed by atoms with Crippen LogP contribution in [0.4, 0.5) is 5.69 Å². The molecule has 2 amide bonds. The highest BCUT2D eigenvalue weighted by Crippen LogP contribution is 2.24. The summed E-state index contributed by atoms with van der Waals surface area (Å²) in [6.45, 7) is 1.24. The van der Waals surface area contributed by atoms with Crippen LogP contribution in [0.2, 0.25) is 0 Å². The summed E-state index contributed by atoms with van der Waals surface area (Å²) in [5, 5.41) is 9.05. The number of aromatic amines is 1. The van der Waals surface area contributed by atoms with Crippen LogP contribution < -0.4 is 16.6 Å². The quantitative estimate of drug-likeness (QED) is 0.611. The van der Waals surface area contributed by atoms with Crippen molar-refractivity contribution in [3.8, 4) is 11.3 Å². The molecule has 1 fully saturated rings. The van der Waals surface area contributed by atoms with Crippen molar-refractivity contribution in [2.75, 3.05) is 11.9 Å².